The van der Waals surface area contributed by atoms with Crippen LogP contribution < -0.4 is 4.74 Å². The molecule has 0 radical (unpaired) electrons. The van der Waals surface area contributed by atoms with E-state index < -0.39 is 29.0 Å². The van der Waals surface area contributed by atoms with E-state index in [0.29, 0.717) is 6.61 Å². The first kappa shape index (κ1) is 16.8. The number of hydrogen-bond donors (Lipinski definition) is 0. The van der Waals surface area contributed by atoms with Gasteiger partial charge in [-0.2, -0.15) is 4.31 Å². The summed E-state index contributed by atoms with van der Waals surface area (Å²) in [5.74, 6) is 0.288. The zero-order valence-corrected chi connectivity index (χ0v) is 12.4. The molecule has 0 aliphatic carbocycles. The van der Waals surface area contributed by atoms with Crippen molar-refractivity contribution in [3.05, 3.63) is 18.3 Å². The Kier molecular flexibility index (Phi) is 5.82. The maximum absolute atomic E-state index is 12.5. The van der Waals surface area contributed by atoms with Crippen molar-refractivity contribution in [2.75, 3.05) is 13.2 Å². The quantitative estimate of drug-likeness (QED) is 0.774. The van der Waals surface area contributed by atoms with Crippen LogP contribution in [0.1, 0.15) is 20.8 Å². The van der Waals surface area contributed by atoms with E-state index in [4.69, 9.17) is 4.74 Å². The van der Waals surface area contributed by atoms with Gasteiger partial charge in [-0.1, -0.05) is 0 Å². The van der Waals surface area contributed by atoms with E-state index >= 15 is 0 Å². The van der Waals surface area contributed by atoms with E-state index in [0.717, 1.165) is 10.5 Å². The number of sulfonamides is 1. The molecule has 0 aromatic carbocycles. The zero-order chi connectivity index (χ0) is 15.3. The van der Waals surface area contributed by atoms with E-state index in [2.05, 4.69) is 4.98 Å². The van der Waals surface area contributed by atoms with Gasteiger partial charge in [0.15, 0.2) is 0 Å². The molecule has 0 fully saturated rings. The number of ether oxygens (including phenoxy) is 1. The minimum atomic E-state index is -3.99. The first-order valence-electron chi connectivity index (χ1n) is 6.17. The lowest BCUT2D eigenvalue weighted by Crippen LogP contribution is -2.40. The Morgan fingerprint density at radius 2 is 2.00 bits per heavy atom. The molecule has 8 heteroatoms. The molecule has 20 heavy (non-hydrogen) atoms. The standard InChI is InChI=1S/C12H18F2N2O3S/c1-4-19-12-6-5-10(7-15-12)20(17,18)16(9(2)3)8-11(13)14/h5-7,9,11H,4,8H2,1-3H3. The molecule has 0 N–H and O–H groups in total. The highest BCUT2D eigenvalue weighted by atomic mass is 32.2. The van der Waals surface area contributed by atoms with Crippen molar-refractivity contribution in [1.29, 1.82) is 0 Å². The van der Waals surface area contributed by atoms with Crippen LogP contribution in [0.4, 0.5) is 8.78 Å². The molecule has 0 spiro atoms. The number of rotatable bonds is 7. The summed E-state index contributed by atoms with van der Waals surface area (Å²) in [6, 6.07) is 2.13. The van der Waals surface area contributed by atoms with Crippen molar-refractivity contribution in [2.45, 2.75) is 38.1 Å². The predicted octanol–water partition coefficient (Wildman–Crippen LogP) is 2.14. The van der Waals surface area contributed by atoms with Gasteiger partial charge < -0.3 is 4.74 Å². The van der Waals surface area contributed by atoms with Crippen molar-refractivity contribution in [1.82, 2.24) is 9.29 Å². The number of nitrogens with zero attached hydrogens (tertiary/aromatic N) is 2. The largest absolute Gasteiger partial charge is 0.478 e. The number of halogens is 2. The third-order valence-electron chi connectivity index (χ3n) is 2.50. The van der Waals surface area contributed by atoms with E-state index in [9.17, 15) is 17.2 Å². The molecule has 5 nitrogen and oxygen atoms in total. The Hall–Kier alpha value is -1.28. The van der Waals surface area contributed by atoms with Gasteiger partial charge in [0.1, 0.15) is 4.90 Å². The molecular weight excluding hydrogens is 290 g/mol. The summed E-state index contributed by atoms with van der Waals surface area (Å²) in [5, 5.41) is 0. The third kappa shape index (κ3) is 4.11. The van der Waals surface area contributed by atoms with Gasteiger partial charge in [0.2, 0.25) is 15.9 Å². The van der Waals surface area contributed by atoms with Crippen molar-refractivity contribution in [3.63, 3.8) is 0 Å². The second kappa shape index (κ2) is 6.94. The molecule has 0 saturated carbocycles. The second-order valence-electron chi connectivity index (χ2n) is 4.32. The highest BCUT2D eigenvalue weighted by Crippen LogP contribution is 2.20. The number of hydrogen-bond acceptors (Lipinski definition) is 4. The van der Waals surface area contributed by atoms with Gasteiger partial charge >= 0.3 is 0 Å². The molecule has 0 bridgehead atoms. The number of alkyl halides is 2. The van der Waals surface area contributed by atoms with E-state index in [-0.39, 0.29) is 10.8 Å². The SMILES string of the molecule is CCOc1ccc(S(=O)(=O)N(CC(F)F)C(C)C)cn1. The lowest BCUT2D eigenvalue weighted by molar-refractivity contribution is 0.111. The highest BCUT2D eigenvalue weighted by Gasteiger charge is 2.29. The van der Waals surface area contributed by atoms with Crippen LogP contribution in [-0.2, 0) is 10.0 Å². The molecule has 1 rings (SSSR count). The highest BCUT2D eigenvalue weighted by molar-refractivity contribution is 7.89. The maximum Gasteiger partial charge on any atom is 0.252 e. The number of aromatic nitrogens is 1. The lowest BCUT2D eigenvalue weighted by atomic mass is 10.4. The normalized spacial score (nSPS) is 12.4. The van der Waals surface area contributed by atoms with E-state index in [1.807, 2.05) is 0 Å². The first-order chi connectivity index (χ1) is 9.28. The topological polar surface area (TPSA) is 59.5 Å². The third-order valence-corrected chi connectivity index (χ3v) is 4.53. The van der Waals surface area contributed by atoms with Crippen LogP contribution in [0.2, 0.25) is 0 Å². The van der Waals surface area contributed by atoms with Crippen LogP contribution in [0.15, 0.2) is 23.2 Å². The molecule has 1 aromatic heterocycles. The van der Waals surface area contributed by atoms with Gasteiger partial charge in [-0.15, -0.1) is 0 Å². The lowest BCUT2D eigenvalue weighted by Gasteiger charge is -2.25. The average molecular weight is 308 g/mol. The summed E-state index contributed by atoms with van der Waals surface area (Å²) < 4.78 is 55.5. The summed E-state index contributed by atoms with van der Waals surface area (Å²) in [6.07, 6.45) is -1.62. The van der Waals surface area contributed by atoms with Crippen molar-refractivity contribution in [3.8, 4) is 5.88 Å². The summed E-state index contributed by atoms with van der Waals surface area (Å²) in [7, 11) is -3.99. The Balaban J connectivity index is 3.06. The Morgan fingerprint density at radius 1 is 1.35 bits per heavy atom. The molecule has 1 aromatic rings. The van der Waals surface area contributed by atoms with Gasteiger partial charge in [0.25, 0.3) is 6.43 Å². The molecular formula is C12H18F2N2O3S. The van der Waals surface area contributed by atoms with Crippen LogP contribution in [0, 0.1) is 0 Å². The first-order valence-corrected chi connectivity index (χ1v) is 7.61. The van der Waals surface area contributed by atoms with Crippen LogP contribution in [-0.4, -0.2) is 43.3 Å². The summed E-state index contributed by atoms with van der Waals surface area (Å²) >= 11 is 0. The predicted molar refractivity (Wildman–Crippen MR) is 70.4 cm³/mol. The second-order valence-corrected chi connectivity index (χ2v) is 6.22. The van der Waals surface area contributed by atoms with Crippen molar-refractivity contribution in [2.24, 2.45) is 0 Å². The molecule has 0 unspecified atom stereocenters. The number of pyridine rings is 1. The summed E-state index contributed by atoms with van der Waals surface area (Å²) in [6.45, 7) is 4.43. The van der Waals surface area contributed by atoms with Gasteiger partial charge in [-0.05, 0) is 26.8 Å². The maximum atomic E-state index is 12.5. The Bertz CT molecular complexity index is 518. The van der Waals surface area contributed by atoms with Gasteiger partial charge in [0.05, 0.1) is 19.3 Å². The zero-order valence-electron chi connectivity index (χ0n) is 11.6. The van der Waals surface area contributed by atoms with E-state index in [1.54, 1.807) is 20.8 Å². The molecule has 0 amide bonds. The van der Waals surface area contributed by atoms with Crippen LogP contribution in [0.5, 0.6) is 5.88 Å². The molecule has 1 heterocycles. The fraction of sp³-hybridized carbons (Fsp3) is 0.583. The monoisotopic (exact) mass is 308 g/mol. The van der Waals surface area contributed by atoms with Crippen molar-refractivity contribution >= 4 is 10.0 Å². The fourth-order valence-corrected chi connectivity index (χ4v) is 3.17. The van der Waals surface area contributed by atoms with E-state index in [1.165, 1.54) is 12.1 Å². The molecule has 0 aliphatic rings. The molecule has 0 atom stereocenters. The van der Waals surface area contributed by atoms with Gasteiger partial charge in [-0.25, -0.2) is 22.2 Å². The minimum Gasteiger partial charge on any atom is -0.478 e. The molecule has 0 aliphatic heterocycles. The van der Waals surface area contributed by atoms with Crippen LogP contribution >= 0.6 is 0 Å². The Labute approximate surface area is 117 Å². The fourth-order valence-electron chi connectivity index (χ4n) is 1.61. The van der Waals surface area contributed by atoms with Crippen LogP contribution in [0.3, 0.4) is 0 Å². The minimum absolute atomic E-state index is 0.129. The smallest absolute Gasteiger partial charge is 0.252 e. The Morgan fingerprint density at radius 3 is 2.40 bits per heavy atom. The summed E-state index contributed by atoms with van der Waals surface area (Å²) in [4.78, 5) is 3.71. The van der Waals surface area contributed by atoms with Crippen LogP contribution in [0.25, 0.3) is 0 Å². The molecule has 114 valence electrons. The molecule has 0 saturated heterocycles. The van der Waals surface area contributed by atoms with Gasteiger partial charge in [-0.3, -0.25) is 0 Å². The van der Waals surface area contributed by atoms with Gasteiger partial charge in [0, 0.05) is 12.1 Å². The average Bonchev–Trinajstić information content (AvgIpc) is 2.36. The summed E-state index contributed by atoms with van der Waals surface area (Å²) in [5.41, 5.74) is 0. The van der Waals surface area contributed by atoms with Crippen molar-refractivity contribution < 1.29 is 21.9 Å².